The first-order valence-electron chi connectivity index (χ1n) is 7.70. The summed E-state index contributed by atoms with van der Waals surface area (Å²) in [6, 6.07) is -0.116. The molecule has 0 spiro atoms. The first-order valence-corrected chi connectivity index (χ1v) is 7.70. The third-order valence-electron chi connectivity index (χ3n) is 4.11. The highest BCUT2D eigenvalue weighted by Gasteiger charge is 2.22. The van der Waals surface area contributed by atoms with Crippen molar-refractivity contribution in [1.29, 1.82) is 0 Å². The van der Waals surface area contributed by atoms with Crippen LogP contribution < -0.4 is 15.5 Å². The number of amides is 2. The summed E-state index contributed by atoms with van der Waals surface area (Å²) in [6.07, 6.45) is 8.71. The molecule has 1 saturated heterocycles. The molecule has 0 aliphatic carbocycles. The summed E-state index contributed by atoms with van der Waals surface area (Å²) >= 11 is 0. The van der Waals surface area contributed by atoms with Crippen LogP contribution in [0.3, 0.4) is 0 Å². The van der Waals surface area contributed by atoms with Gasteiger partial charge in [-0.3, -0.25) is 9.67 Å². The first kappa shape index (κ1) is 15.3. The third-order valence-corrected chi connectivity index (χ3v) is 4.11. The van der Waals surface area contributed by atoms with Crippen molar-refractivity contribution in [3.8, 4) is 0 Å². The number of aryl methyl sites for hydroxylation is 1. The largest absolute Gasteiger partial charge is 0.353 e. The maximum absolute atomic E-state index is 12.2. The molecule has 2 aromatic heterocycles. The SMILES string of the molecule is Cc1c(NC(=O)N[C@H]2CCCN(c3cnccn3)C2)cnn1C. The van der Waals surface area contributed by atoms with Crippen molar-refractivity contribution in [2.24, 2.45) is 7.05 Å². The van der Waals surface area contributed by atoms with Crippen LogP contribution in [0.1, 0.15) is 18.5 Å². The number of piperidine rings is 1. The van der Waals surface area contributed by atoms with Crippen molar-refractivity contribution < 1.29 is 4.79 Å². The van der Waals surface area contributed by atoms with Gasteiger partial charge in [-0.2, -0.15) is 5.10 Å². The van der Waals surface area contributed by atoms with Crippen molar-refractivity contribution >= 4 is 17.5 Å². The molecule has 1 atom stereocenters. The van der Waals surface area contributed by atoms with Crippen molar-refractivity contribution in [3.05, 3.63) is 30.5 Å². The number of hydrogen-bond acceptors (Lipinski definition) is 5. The molecule has 0 unspecified atom stereocenters. The van der Waals surface area contributed by atoms with Crippen LogP contribution in [0.15, 0.2) is 24.8 Å². The number of anilines is 2. The van der Waals surface area contributed by atoms with E-state index in [-0.39, 0.29) is 12.1 Å². The number of carbonyl (C=O) groups excluding carboxylic acids is 1. The monoisotopic (exact) mass is 315 g/mol. The van der Waals surface area contributed by atoms with Crippen LogP contribution in [0, 0.1) is 6.92 Å². The Morgan fingerprint density at radius 2 is 2.22 bits per heavy atom. The minimum atomic E-state index is -0.202. The van der Waals surface area contributed by atoms with Gasteiger partial charge in [-0.1, -0.05) is 0 Å². The Morgan fingerprint density at radius 1 is 1.35 bits per heavy atom. The van der Waals surface area contributed by atoms with Crippen molar-refractivity contribution in [2.45, 2.75) is 25.8 Å². The van der Waals surface area contributed by atoms with Gasteiger partial charge in [0.2, 0.25) is 0 Å². The van der Waals surface area contributed by atoms with E-state index >= 15 is 0 Å². The van der Waals surface area contributed by atoms with E-state index in [9.17, 15) is 4.79 Å². The Hall–Kier alpha value is -2.64. The standard InChI is InChI=1S/C15H21N7O/c1-11-13(8-18-21(11)2)20-15(23)19-12-4-3-7-22(10-12)14-9-16-5-6-17-14/h5-6,8-9,12H,3-4,7,10H2,1-2H3,(H2,19,20,23)/t12-/m0/s1. The second-order valence-electron chi connectivity index (χ2n) is 5.71. The highest BCUT2D eigenvalue weighted by Crippen LogP contribution is 2.17. The molecule has 2 aromatic rings. The number of rotatable bonds is 3. The topological polar surface area (TPSA) is 88.0 Å². The van der Waals surface area contributed by atoms with Gasteiger partial charge >= 0.3 is 6.03 Å². The second-order valence-corrected chi connectivity index (χ2v) is 5.71. The molecule has 1 aliphatic heterocycles. The van der Waals surface area contributed by atoms with Crippen LogP contribution in [0.25, 0.3) is 0 Å². The molecule has 0 saturated carbocycles. The predicted molar refractivity (Wildman–Crippen MR) is 87.4 cm³/mol. The molecule has 1 fully saturated rings. The summed E-state index contributed by atoms with van der Waals surface area (Å²) in [5.74, 6) is 0.850. The van der Waals surface area contributed by atoms with E-state index in [4.69, 9.17) is 0 Å². The molecule has 8 heteroatoms. The van der Waals surface area contributed by atoms with Crippen molar-refractivity contribution in [2.75, 3.05) is 23.3 Å². The van der Waals surface area contributed by atoms with Crippen LogP contribution >= 0.6 is 0 Å². The Kier molecular flexibility index (Phi) is 4.40. The van der Waals surface area contributed by atoms with E-state index in [1.807, 2.05) is 14.0 Å². The van der Waals surface area contributed by atoms with Gasteiger partial charge in [0.15, 0.2) is 0 Å². The minimum absolute atomic E-state index is 0.0859. The van der Waals surface area contributed by atoms with Crippen molar-refractivity contribution in [3.63, 3.8) is 0 Å². The number of aromatic nitrogens is 4. The molecule has 3 rings (SSSR count). The van der Waals surface area contributed by atoms with E-state index in [0.29, 0.717) is 0 Å². The second kappa shape index (κ2) is 6.64. The van der Waals surface area contributed by atoms with Gasteiger partial charge in [-0.05, 0) is 19.8 Å². The van der Waals surface area contributed by atoms with Gasteiger partial charge in [0.25, 0.3) is 0 Å². The molecule has 0 bridgehead atoms. The maximum Gasteiger partial charge on any atom is 0.319 e. The maximum atomic E-state index is 12.2. The summed E-state index contributed by atoms with van der Waals surface area (Å²) in [4.78, 5) is 22.8. The molecule has 2 N–H and O–H groups in total. The fraction of sp³-hybridized carbons (Fsp3) is 0.467. The van der Waals surface area contributed by atoms with E-state index in [1.54, 1.807) is 29.5 Å². The average molecular weight is 315 g/mol. The van der Waals surface area contributed by atoms with Crippen LogP contribution in [-0.2, 0) is 7.05 Å². The highest BCUT2D eigenvalue weighted by molar-refractivity contribution is 5.89. The fourth-order valence-electron chi connectivity index (χ4n) is 2.72. The lowest BCUT2D eigenvalue weighted by molar-refractivity contribution is 0.246. The smallest absolute Gasteiger partial charge is 0.319 e. The molecule has 23 heavy (non-hydrogen) atoms. The van der Waals surface area contributed by atoms with Crippen LogP contribution in [0.5, 0.6) is 0 Å². The minimum Gasteiger partial charge on any atom is -0.353 e. The van der Waals surface area contributed by atoms with E-state index in [1.165, 1.54) is 0 Å². The molecule has 3 heterocycles. The van der Waals surface area contributed by atoms with Gasteiger partial charge in [0.1, 0.15) is 5.82 Å². The van der Waals surface area contributed by atoms with E-state index < -0.39 is 0 Å². The van der Waals surface area contributed by atoms with Gasteiger partial charge < -0.3 is 15.5 Å². The van der Waals surface area contributed by atoms with E-state index in [2.05, 4.69) is 30.6 Å². The molecular weight excluding hydrogens is 294 g/mol. The zero-order chi connectivity index (χ0) is 16.2. The Labute approximate surface area is 134 Å². The summed E-state index contributed by atoms with van der Waals surface area (Å²) < 4.78 is 1.73. The number of nitrogens with one attached hydrogen (secondary N) is 2. The molecule has 8 nitrogen and oxygen atoms in total. The van der Waals surface area contributed by atoms with Gasteiger partial charge in [0.05, 0.1) is 23.8 Å². The van der Waals surface area contributed by atoms with Gasteiger partial charge in [0, 0.05) is 38.6 Å². The average Bonchev–Trinajstić information content (AvgIpc) is 2.88. The molecule has 2 amide bonds. The number of carbonyl (C=O) groups is 1. The summed E-state index contributed by atoms with van der Waals surface area (Å²) in [5.41, 5.74) is 1.65. The predicted octanol–water partition coefficient (Wildman–Crippen LogP) is 1.31. The lowest BCUT2D eigenvalue weighted by atomic mass is 10.1. The fourth-order valence-corrected chi connectivity index (χ4v) is 2.72. The number of urea groups is 1. The zero-order valence-corrected chi connectivity index (χ0v) is 13.4. The summed E-state index contributed by atoms with van der Waals surface area (Å²) in [5, 5.41) is 10.00. The summed E-state index contributed by atoms with van der Waals surface area (Å²) in [6.45, 7) is 3.58. The quantitative estimate of drug-likeness (QED) is 0.891. The number of nitrogens with zero attached hydrogens (tertiary/aromatic N) is 5. The lowest BCUT2D eigenvalue weighted by Crippen LogP contribution is -2.49. The lowest BCUT2D eigenvalue weighted by Gasteiger charge is -2.33. The van der Waals surface area contributed by atoms with Crippen LogP contribution in [0.2, 0.25) is 0 Å². The molecule has 0 radical (unpaired) electrons. The van der Waals surface area contributed by atoms with Crippen LogP contribution in [-0.4, -0.2) is 44.9 Å². The Morgan fingerprint density at radius 3 is 2.91 bits per heavy atom. The van der Waals surface area contributed by atoms with Crippen LogP contribution in [0.4, 0.5) is 16.3 Å². The van der Waals surface area contributed by atoms with E-state index in [0.717, 1.165) is 43.1 Å². The molecule has 122 valence electrons. The summed E-state index contributed by atoms with van der Waals surface area (Å²) in [7, 11) is 1.85. The molecule has 1 aliphatic rings. The molecule has 0 aromatic carbocycles. The Balaban J connectivity index is 1.57. The number of hydrogen-bond donors (Lipinski definition) is 2. The normalized spacial score (nSPS) is 17.8. The third kappa shape index (κ3) is 3.58. The van der Waals surface area contributed by atoms with Crippen molar-refractivity contribution in [1.82, 2.24) is 25.1 Å². The highest BCUT2D eigenvalue weighted by atomic mass is 16.2. The molecular formula is C15H21N7O. The Bertz CT molecular complexity index is 670. The van der Waals surface area contributed by atoms with Gasteiger partial charge in [-0.25, -0.2) is 9.78 Å². The first-order chi connectivity index (χ1) is 11.1. The zero-order valence-electron chi connectivity index (χ0n) is 13.4. The van der Waals surface area contributed by atoms with Gasteiger partial charge in [-0.15, -0.1) is 0 Å².